The Hall–Kier alpha value is -4.08. The van der Waals surface area contributed by atoms with Crippen molar-refractivity contribution in [2.75, 3.05) is 13.2 Å². The van der Waals surface area contributed by atoms with Gasteiger partial charge in [-0.2, -0.15) is 14.2 Å². The van der Waals surface area contributed by atoms with Crippen molar-refractivity contribution in [3.63, 3.8) is 0 Å². The molecule has 1 aliphatic rings. The van der Waals surface area contributed by atoms with Crippen LogP contribution >= 0.6 is 0 Å². The topological polar surface area (TPSA) is 143 Å². The van der Waals surface area contributed by atoms with Crippen molar-refractivity contribution in [3.8, 4) is 0 Å². The van der Waals surface area contributed by atoms with Gasteiger partial charge >= 0.3 is 18.2 Å². The fourth-order valence-corrected chi connectivity index (χ4v) is 4.38. The van der Waals surface area contributed by atoms with E-state index in [9.17, 15) is 19.5 Å². The van der Waals surface area contributed by atoms with Crippen LogP contribution < -0.4 is 9.88 Å². The summed E-state index contributed by atoms with van der Waals surface area (Å²) in [6.45, 7) is 7.98. The fraction of sp³-hybridized carbons (Fsp3) is 0.483. The van der Waals surface area contributed by atoms with Crippen LogP contribution in [0.4, 0.5) is 4.79 Å². The highest BCUT2D eigenvalue weighted by Gasteiger charge is 2.33. The average Bonchev–Trinajstić information content (AvgIpc) is 2.94. The zero-order chi connectivity index (χ0) is 29.7. The lowest BCUT2D eigenvalue weighted by Crippen LogP contribution is -2.48. The number of carbonyl (C=O) groups excluding carboxylic acids is 4. The molecule has 3 rings (SSSR count). The Bertz CT molecular complexity index is 1160. The summed E-state index contributed by atoms with van der Waals surface area (Å²) in [5, 5.41) is 12.0. The van der Waals surface area contributed by atoms with E-state index in [0.29, 0.717) is 6.54 Å². The average molecular weight is 557 g/mol. The summed E-state index contributed by atoms with van der Waals surface area (Å²) in [6.07, 6.45) is 5.97. The van der Waals surface area contributed by atoms with Gasteiger partial charge < -0.3 is 24.8 Å². The lowest BCUT2D eigenvalue weighted by Gasteiger charge is -2.38. The molecule has 2 N–H and O–H groups in total. The number of hydrogen-bond acceptors (Lipinski definition) is 7. The summed E-state index contributed by atoms with van der Waals surface area (Å²) in [5.41, 5.74) is 0.895. The highest BCUT2D eigenvalue weighted by molar-refractivity contribution is 5.96. The summed E-state index contributed by atoms with van der Waals surface area (Å²) < 4.78 is 12.7. The summed E-state index contributed by atoms with van der Waals surface area (Å²) >= 11 is 0. The Kier molecular flexibility index (Phi) is 12.4. The molecule has 1 aromatic heterocycles. The number of ether oxygens (including phenoxy) is 2. The van der Waals surface area contributed by atoms with E-state index in [-0.39, 0.29) is 43.1 Å². The lowest BCUT2D eigenvalue weighted by atomic mass is 9.87. The minimum Gasteiger partial charge on any atom is -0.480 e. The van der Waals surface area contributed by atoms with Gasteiger partial charge in [-0.1, -0.05) is 37.3 Å². The first kappa shape index (κ1) is 32.1. The lowest BCUT2D eigenvalue weighted by molar-refractivity contribution is -0.727. The number of piperidine rings is 1. The molecule has 0 bridgehead atoms. The molecule has 2 amide bonds. The Labute approximate surface area is 234 Å². The van der Waals surface area contributed by atoms with E-state index in [2.05, 4.69) is 24.4 Å². The van der Waals surface area contributed by atoms with Crippen LogP contribution in [0.25, 0.3) is 0 Å². The molecule has 0 spiro atoms. The number of aliphatic carboxylic acids is 1. The molecule has 2 aromatic rings. The smallest absolute Gasteiger partial charge is 0.414 e. The number of likely N-dealkylation sites (tertiary alicyclic amines) is 1. The SMILES string of the molecule is C[C@H](c1ccccc1)[C@H]1CCCCN1C(=O)OC[n+]1cccc(C(=O)N[C@@H](COC(C)(C)C)C(=O)O)c1.O=C=O. The monoisotopic (exact) mass is 556 g/mol. The number of rotatable bonds is 9. The summed E-state index contributed by atoms with van der Waals surface area (Å²) in [6, 6.07) is 12.2. The number of nitrogens with one attached hydrogen (secondary N) is 1. The number of carboxylic acids is 1. The van der Waals surface area contributed by atoms with Crippen LogP contribution in [-0.4, -0.2) is 65.0 Å². The molecule has 0 radical (unpaired) electrons. The normalized spacial score (nSPS) is 16.4. The molecule has 11 heteroatoms. The highest BCUT2D eigenvalue weighted by Crippen LogP contribution is 2.30. The molecule has 1 aromatic carbocycles. The van der Waals surface area contributed by atoms with Gasteiger partial charge in [0.25, 0.3) is 12.6 Å². The minimum atomic E-state index is -1.19. The van der Waals surface area contributed by atoms with E-state index in [1.807, 2.05) is 43.9 Å². The van der Waals surface area contributed by atoms with Crippen LogP contribution in [-0.2, 0) is 30.6 Å². The number of carbonyl (C=O) groups is 3. The van der Waals surface area contributed by atoms with E-state index in [0.717, 1.165) is 19.3 Å². The molecule has 11 nitrogen and oxygen atoms in total. The molecule has 0 aliphatic carbocycles. The van der Waals surface area contributed by atoms with E-state index < -0.39 is 23.5 Å². The Balaban J connectivity index is 0.00000178. The molecule has 1 saturated heterocycles. The zero-order valence-electron chi connectivity index (χ0n) is 23.4. The molecule has 1 aliphatic heterocycles. The number of amides is 2. The van der Waals surface area contributed by atoms with E-state index in [4.69, 9.17) is 19.1 Å². The van der Waals surface area contributed by atoms with E-state index in [1.54, 1.807) is 22.9 Å². The van der Waals surface area contributed by atoms with Crippen LogP contribution in [0, 0.1) is 0 Å². The number of carboxylic acid groups (broad SMARTS) is 1. The minimum absolute atomic E-state index is 0.0500. The number of aromatic nitrogens is 1. The van der Waals surface area contributed by atoms with E-state index in [1.165, 1.54) is 11.8 Å². The van der Waals surface area contributed by atoms with Crippen molar-refractivity contribution < 1.29 is 43.1 Å². The Morgan fingerprint density at radius 3 is 2.42 bits per heavy atom. The van der Waals surface area contributed by atoms with Crippen LogP contribution in [0.3, 0.4) is 0 Å². The van der Waals surface area contributed by atoms with Crippen molar-refractivity contribution in [1.29, 1.82) is 0 Å². The maximum atomic E-state index is 13.0. The molecule has 2 heterocycles. The van der Waals surface area contributed by atoms with Gasteiger partial charge in [0.2, 0.25) is 0 Å². The van der Waals surface area contributed by atoms with Gasteiger partial charge in [0.1, 0.15) is 5.56 Å². The van der Waals surface area contributed by atoms with Gasteiger partial charge in [-0.05, 0) is 51.7 Å². The van der Waals surface area contributed by atoms with Crippen molar-refractivity contribution in [2.45, 2.75) is 77.3 Å². The predicted molar refractivity (Wildman–Crippen MR) is 142 cm³/mol. The maximum absolute atomic E-state index is 13.0. The van der Waals surface area contributed by atoms with Gasteiger partial charge in [0, 0.05) is 24.6 Å². The third kappa shape index (κ3) is 10.2. The van der Waals surface area contributed by atoms with Gasteiger partial charge in [0.15, 0.2) is 18.4 Å². The van der Waals surface area contributed by atoms with Gasteiger partial charge in [-0.15, -0.1) is 0 Å². The summed E-state index contributed by atoms with van der Waals surface area (Å²) in [7, 11) is 0. The number of nitrogens with zero attached hydrogens (tertiary/aromatic N) is 2. The van der Waals surface area contributed by atoms with Crippen LogP contribution in [0.1, 0.15) is 68.8 Å². The van der Waals surface area contributed by atoms with Crippen LogP contribution in [0.2, 0.25) is 0 Å². The third-order valence-electron chi connectivity index (χ3n) is 6.43. The second-order valence-corrected chi connectivity index (χ2v) is 10.5. The van der Waals surface area contributed by atoms with Crippen molar-refractivity contribution in [2.24, 2.45) is 0 Å². The molecular formula is C29H38N3O8+. The quantitative estimate of drug-likeness (QED) is 0.449. The summed E-state index contributed by atoms with van der Waals surface area (Å²) in [4.78, 5) is 55.4. The third-order valence-corrected chi connectivity index (χ3v) is 6.43. The van der Waals surface area contributed by atoms with Crippen LogP contribution in [0.15, 0.2) is 54.9 Å². The predicted octanol–water partition coefficient (Wildman–Crippen LogP) is 3.14. The molecule has 0 saturated carbocycles. The second-order valence-electron chi connectivity index (χ2n) is 10.5. The molecule has 3 atom stereocenters. The van der Waals surface area contributed by atoms with Gasteiger partial charge in [-0.3, -0.25) is 4.79 Å². The Morgan fingerprint density at radius 2 is 1.80 bits per heavy atom. The van der Waals surface area contributed by atoms with Gasteiger partial charge in [0.05, 0.1) is 12.2 Å². The second kappa shape index (κ2) is 15.5. The van der Waals surface area contributed by atoms with E-state index >= 15 is 0 Å². The number of benzene rings is 1. The highest BCUT2D eigenvalue weighted by atomic mass is 16.6. The van der Waals surface area contributed by atoms with Crippen molar-refractivity contribution in [1.82, 2.24) is 10.2 Å². The molecular weight excluding hydrogens is 518 g/mol. The standard InChI is InChI=1S/C28H37N3O6.CO2/c1-20(21-11-6-5-7-12-21)24-14-8-9-16-31(24)27(35)36-19-30-15-10-13-22(17-30)25(32)29-23(26(33)34)18-37-28(2,3)4;2-1-3/h5-7,10-13,15,17,20,23-24H,8-9,14,16,18-19H2,1-4H3,(H-,29,32,33,34);/p+1/t20-,23+,24-;/m1./s1. The molecule has 40 heavy (non-hydrogen) atoms. The van der Waals surface area contributed by atoms with Crippen molar-refractivity contribution >= 4 is 24.1 Å². The largest absolute Gasteiger partial charge is 0.480 e. The number of pyridine rings is 1. The maximum Gasteiger partial charge on any atom is 0.414 e. The fourth-order valence-electron chi connectivity index (χ4n) is 4.38. The molecule has 1 fully saturated rings. The summed E-state index contributed by atoms with van der Waals surface area (Å²) in [5.74, 6) is -1.56. The zero-order valence-corrected chi connectivity index (χ0v) is 23.4. The van der Waals surface area contributed by atoms with Crippen LogP contribution in [0.5, 0.6) is 0 Å². The first-order valence-corrected chi connectivity index (χ1v) is 13.1. The first-order chi connectivity index (χ1) is 19.0. The van der Waals surface area contributed by atoms with Crippen molar-refractivity contribution in [3.05, 3.63) is 66.0 Å². The molecule has 0 unspecified atom stereocenters. The number of hydrogen-bond donors (Lipinski definition) is 2. The first-order valence-electron chi connectivity index (χ1n) is 13.1. The Morgan fingerprint density at radius 1 is 1.12 bits per heavy atom. The van der Waals surface area contributed by atoms with Gasteiger partial charge in [-0.25, -0.2) is 9.59 Å². The molecule has 216 valence electrons.